The molecule has 1 aliphatic carbocycles. The fourth-order valence-corrected chi connectivity index (χ4v) is 4.99. The zero-order chi connectivity index (χ0) is 24.7. The van der Waals surface area contributed by atoms with Crippen molar-refractivity contribution < 1.29 is 42.8 Å². The number of phenolic OH excluding ortho intramolecular Hbond substituents is 1. The van der Waals surface area contributed by atoms with E-state index in [1.54, 1.807) is 6.07 Å². The van der Waals surface area contributed by atoms with Crippen molar-refractivity contribution in [1.82, 2.24) is 0 Å². The van der Waals surface area contributed by atoms with Gasteiger partial charge in [0.1, 0.15) is 23.1 Å². The van der Waals surface area contributed by atoms with Gasteiger partial charge in [0.15, 0.2) is 5.78 Å². The Morgan fingerprint density at radius 3 is 2.38 bits per heavy atom. The molecule has 0 heterocycles. The standard InChI is InChI=1S/C26H36O7.H2O.2H2/c1-15(2)8-20(30)13-18-4-5-23(31)26-21(18)11-17(12-25(26)33)10-19(6-7-27)22(14-28)24(32)9-16(3)29;;;/h4-5,15,17,19,22,27-28,31H,6-14H2,1-3H3;1H2;2*1H. The zero-order valence-corrected chi connectivity index (χ0v) is 20.3. The number of ketones is 4. The van der Waals surface area contributed by atoms with Crippen molar-refractivity contribution in [2.24, 2.45) is 23.7 Å². The summed E-state index contributed by atoms with van der Waals surface area (Å²) in [4.78, 5) is 49.3. The van der Waals surface area contributed by atoms with E-state index in [0.717, 1.165) is 5.56 Å². The molecule has 0 amide bonds. The fourth-order valence-electron chi connectivity index (χ4n) is 4.99. The summed E-state index contributed by atoms with van der Waals surface area (Å²) < 4.78 is 0. The molecule has 0 radical (unpaired) electrons. The summed E-state index contributed by atoms with van der Waals surface area (Å²) in [5.41, 5.74) is 1.68. The van der Waals surface area contributed by atoms with Gasteiger partial charge in [0.25, 0.3) is 0 Å². The van der Waals surface area contributed by atoms with Gasteiger partial charge in [-0.05, 0) is 61.1 Å². The molecule has 2 rings (SSSR count). The fraction of sp³-hybridized carbons (Fsp3) is 0.615. The number of carbonyl (C=O) groups excluding carboxylic acids is 4. The van der Waals surface area contributed by atoms with Crippen LogP contribution in [0.3, 0.4) is 0 Å². The number of rotatable bonds is 13. The first kappa shape index (κ1) is 29.6. The van der Waals surface area contributed by atoms with Crippen molar-refractivity contribution in [3.8, 4) is 5.75 Å². The van der Waals surface area contributed by atoms with Crippen molar-refractivity contribution in [2.75, 3.05) is 13.2 Å². The van der Waals surface area contributed by atoms with Crippen LogP contribution in [0.4, 0.5) is 0 Å². The summed E-state index contributed by atoms with van der Waals surface area (Å²) in [7, 11) is 0. The molecule has 0 aliphatic heterocycles. The lowest BCUT2D eigenvalue weighted by atomic mass is 9.72. The average Bonchev–Trinajstić information content (AvgIpc) is 2.69. The number of phenols is 1. The van der Waals surface area contributed by atoms with Gasteiger partial charge in [-0.15, -0.1) is 0 Å². The maximum atomic E-state index is 12.9. The maximum absolute atomic E-state index is 12.9. The van der Waals surface area contributed by atoms with Crippen molar-refractivity contribution >= 4 is 23.1 Å². The van der Waals surface area contributed by atoms with E-state index in [-0.39, 0.29) is 92.8 Å². The molecule has 8 heteroatoms. The SMILES string of the molecule is CC(=O)CC(=O)C(CO)C(CCO)CC1CC(=O)c2c(O)ccc(CC(=O)CC(C)C)c2C1.O.[HH].[HH]. The number of aromatic hydroxyl groups is 1. The lowest BCUT2D eigenvalue weighted by Gasteiger charge is -2.31. The Morgan fingerprint density at radius 1 is 1.15 bits per heavy atom. The van der Waals surface area contributed by atoms with E-state index in [4.69, 9.17) is 0 Å². The molecule has 194 valence electrons. The smallest absolute Gasteiger partial charge is 0.167 e. The van der Waals surface area contributed by atoms with Gasteiger partial charge < -0.3 is 20.8 Å². The molecule has 1 aliphatic rings. The summed E-state index contributed by atoms with van der Waals surface area (Å²) in [5.74, 6) is -1.98. The Bertz CT molecular complexity index is 900. The van der Waals surface area contributed by atoms with E-state index in [1.165, 1.54) is 13.0 Å². The predicted octanol–water partition coefficient (Wildman–Crippen LogP) is 2.51. The Kier molecular flexibility index (Phi) is 11.7. The van der Waals surface area contributed by atoms with Crippen LogP contribution in [0.15, 0.2) is 12.1 Å². The van der Waals surface area contributed by atoms with Gasteiger partial charge >= 0.3 is 0 Å². The highest BCUT2D eigenvalue weighted by atomic mass is 16.3. The largest absolute Gasteiger partial charge is 0.507 e. The molecule has 3 unspecified atom stereocenters. The quantitative estimate of drug-likeness (QED) is 0.364. The van der Waals surface area contributed by atoms with Crippen LogP contribution >= 0.6 is 0 Å². The van der Waals surface area contributed by atoms with Gasteiger partial charge in [0, 0.05) is 34.6 Å². The number of hydrogen-bond donors (Lipinski definition) is 3. The predicted molar refractivity (Wildman–Crippen MR) is 131 cm³/mol. The third-order valence-corrected chi connectivity index (χ3v) is 6.40. The Morgan fingerprint density at radius 2 is 1.82 bits per heavy atom. The Balaban J connectivity index is 0. The topological polar surface area (TPSA) is 160 Å². The Labute approximate surface area is 203 Å². The molecule has 34 heavy (non-hydrogen) atoms. The molecule has 1 aromatic rings. The molecular weight excluding hydrogens is 440 g/mol. The number of hydrogen-bond acceptors (Lipinski definition) is 7. The molecule has 0 fully saturated rings. The monoisotopic (exact) mass is 482 g/mol. The van der Waals surface area contributed by atoms with E-state index in [2.05, 4.69) is 0 Å². The second-order valence-corrected chi connectivity index (χ2v) is 9.75. The van der Waals surface area contributed by atoms with Gasteiger partial charge in [0.05, 0.1) is 18.6 Å². The zero-order valence-electron chi connectivity index (χ0n) is 20.3. The van der Waals surface area contributed by atoms with Crippen LogP contribution in [0.1, 0.15) is 77.2 Å². The van der Waals surface area contributed by atoms with Crippen LogP contribution in [0, 0.1) is 23.7 Å². The minimum Gasteiger partial charge on any atom is -0.507 e. The van der Waals surface area contributed by atoms with E-state index in [0.29, 0.717) is 24.8 Å². The second kappa shape index (κ2) is 13.5. The van der Waals surface area contributed by atoms with Crippen molar-refractivity contribution in [2.45, 2.75) is 65.7 Å². The Hall–Kier alpha value is -2.42. The summed E-state index contributed by atoms with van der Waals surface area (Å²) in [6.45, 7) is 4.65. The first-order chi connectivity index (χ1) is 15.6. The summed E-state index contributed by atoms with van der Waals surface area (Å²) in [6, 6.07) is 3.16. The first-order valence-corrected chi connectivity index (χ1v) is 11.7. The molecule has 0 saturated carbocycles. The number of carbonyl (C=O) groups is 4. The minimum atomic E-state index is -0.784. The molecular formula is C26H42O8. The number of benzene rings is 1. The summed E-state index contributed by atoms with van der Waals surface area (Å²) >= 11 is 0. The summed E-state index contributed by atoms with van der Waals surface area (Å²) in [6.07, 6.45) is 1.67. The normalized spacial score (nSPS) is 17.0. The van der Waals surface area contributed by atoms with Gasteiger partial charge in [-0.2, -0.15) is 0 Å². The molecule has 3 atom stereocenters. The van der Waals surface area contributed by atoms with Crippen LogP contribution in [0.25, 0.3) is 0 Å². The molecule has 0 bridgehead atoms. The second-order valence-electron chi connectivity index (χ2n) is 9.75. The van der Waals surface area contributed by atoms with E-state index in [1.807, 2.05) is 13.8 Å². The highest BCUT2D eigenvalue weighted by Crippen LogP contribution is 2.38. The highest BCUT2D eigenvalue weighted by Gasteiger charge is 2.35. The third-order valence-electron chi connectivity index (χ3n) is 6.40. The van der Waals surface area contributed by atoms with Crippen LogP contribution in [0.2, 0.25) is 0 Å². The van der Waals surface area contributed by atoms with Crippen LogP contribution in [0.5, 0.6) is 5.75 Å². The first-order valence-electron chi connectivity index (χ1n) is 11.7. The van der Waals surface area contributed by atoms with E-state index < -0.39 is 12.5 Å². The van der Waals surface area contributed by atoms with Gasteiger partial charge in [-0.3, -0.25) is 19.2 Å². The number of aliphatic hydroxyl groups is 2. The van der Waals surface area contributed by atoms with Crippen LogP contribution < -0.4 is 0 Å². The van der Waals surface area contributed by atoms with Crippen molar-refractivity contribution in [3.63, 3.8) is 0 Å². The highest BCUT2D eigenvalue weighted by molar-refractivity contribution is 6.02. The number of Topliss-reactive ketones (excluding diaryl/α,β-unsaturated/α-hetero) is 4. The van der Waals surface area contributed by atoms with Crippen LogP contribution in [-0.4, -0.2) is 57.1 Å². The minimum absolute atomic E-state index is 0. The molecule has 0 aromatic heterocycles. The maximum Gasteiger partial charge on any atom is 0.167 e. The van der Waals surface area contributed by atoms with E-state index in [9.17, 15) is 34.5 Å². The van der Waals surface area contributed by atoms with Crippen molar-refractivity contribution in [1.29, 1.82) is 0 Å². The summed E-state index contributed by atoms with van der Waals surface area (Å²) in [5, 5.41) is 29.7. The molecule has 1 aromatic carbocycles. The lowest BCUT2D eigenvalue weighted by molar-refractivity contribution is -0.131. The van der Waals surface area contributed by atoms with E-state index >= 15 is 0 Å². The molecule has 5 N–H and O–H groups in total. The molecule has 0 saturated heterocycles. The molecule has 0 spiro atoms. The number of fused-ring (bicyclic) bond motifs is 1. The van der Waals surface area contributed by atoms with Gasteiger partial charge in [-0.25, -0.2) is 0 Å². The molecule has 8 nitrogen and oxygen atoms in total. The lowest BCUT2D eigenvalue weighted by Crippen LogP contribution is -2.32. The van der Waals surface area contributed by atoms with Crippen LogP contribution in [-0.2, 0) is 27.2 Å². The van der Waals surface area contributed by atoms with Crippen molar-refractivity contribution in [3.05, 3.63) is 28.8 Å². The third kappa shape index (κ3) is 7.82. The van der Waals surface area contributed by atoms with Gasteiger partial charge in [0.2, 0.25) is 0 Å². The number of aliphatic hydroxyl groups excluding tert-OH is 2. The average molecular weight is 483 g/mol. The van der Waals surface area contributed by atoms with Gasteiger partial charge in [-0.1, -0.05) is 19.9 Å².